The third-order valence-electron chi connectivity index (χ3n) is 4.97. The van der Waals surface area contributed by atoms with Crippen molar-refractivity contribution >= 4 is 39.1 Å². The van der Waals surface area contributed by atoms with E-state index in [9.17, 15) is 14.0 Å². The molecule has 2 amide bonds. The number of benzene rings is 2. The number of halogens is 1. The minimum atomic E-state index is -0.673. The summed E-state index contributed by atoms with van der Waals surface area (Å²) in [6.45, 7) is 0.179. The van der Waals surface area contributed by atoms with Gasteiger partial charge in [0.1, 0.15) is 11.6 Å². The Morgan fingerprint density at radius 2 is 2.10 bits per heavy atom. The van der Waals surface area contributed by atoms with Gasteiger partial charge in [-0.1, -0.05) is 18.2 Å². The van der Waals surface area contributed by atoms with Crippen molar-refractivity contribution in [2.75, 3.05) is 5.32 Å². The number of para-hydroxylation sites is 1. The highest BCUT2D eigenvalue weighted by Gasteiger charge is 2.31. The van der Waals surface area contributed by atoms with Crippen LogP contribution < -0.4 is 10.6 Å². The summed E-state index contributed by atoms with van der Waals surface area (Å²) in [5.41, 5.74) is 1.85. The van der Waals surface area contributed by atoms with Gasteiger partial charge in [-0.25, -0.2) is 9.37 Å². The van der Waals surface area contributed by atoms with E-state index in [0.717, 1.165) is 15.2 Å². The maximum atomic E-state index is 13.5. The second kappa shape index (κ2) is 7.38. The fourth-order valence-electron chi connectivity index (χ4n) is 3.53. The number of amides is 2. The molecule has 150 valence electrons. The van der Waals surface area contributed by atoms with Gasteiger partial charge in [0.05, 0.1) is 22.7 Å². The molecule has 0 aliphatic carbocycles. The van der Waals surface area contributed by atoms with Crippen molar-refractivity contribution in [3.05, 3.63) is 71.7 Å². The highest BCUT2D eigenvalue weighted by molar-refractivity contribution is 7.21. The van der Waals surface area contributed by atoms with Gasteiger partial charge >= 0.3 is 0 Å². The van der Waals surface area contributed by atoms with Crippen LogP contribution in [0.4, 0.5) is 10.1 Å². The first-order valence-electron chi connectivity index (χ1n) is 9.38. The van der Waals surface area contributed by atoms with Crippen LogP contribution in [0.15, 0.2) is 59.0 Å². The predicted molar refractivity (Wildman–Crippen MR) is 112 cm³/mol. The molecule has 2 aromatic carbocycles. The van der Waals surface area contributed by atoms with Crippen molar-refractivity contribution in [1.82, 2.24) is 10.3 Å². The summed E-state index contributed by atoms with van der Waals surface area (Å²) in [5, 5.41) is 6.19. The molecule has 1 aliphatic heterocycles. The Morgan fingerprint density at radius 1 is 1.23 bits per heavy atom. The summed E-state index contributed by atoms with van der Waals surface area (Å²) in [6.07, 6.45) is 0.0135. The van der Waals surface area contributed by atoms with E-state index in [1.807, 2.05) is 30.3 Å². The third-order valence-corrected chi connectivity index (χ3v) is 6.02. The minimum Gasteiger partial charge on any atom is -0.457 e. The lowest BCUT2D eigenvalue weighted by molar-refractivity contribution is -0.126. The molecule has 0 radical (unpaired) electrons. The molecule has 0 saturated carbocycles. The summed E-state index contributed by atoms with van der Waals surface area (Å²) in [6, 6.07) is 15.5. The van der Waals surface area contributed by atoms with Crippen LogP contribution >= 0.6 is 11.3 Å². The summed E-state index contributed by atoms with van der Waals surface area (Å²) in [7, 11) is 0. The lowest BCUT2D eigenvalue weighted by Crippen LogP contribution is -2.34. The fraction of sp³-hybridized carbons (Fsp3) is 0.136. The largest absolute Gasteiger partial charge is 0.457 e. The van der Waals surface area contributed by atoms with Crippen molar-refractivity contribution in [1.29, 1.82) is 0 Å². The monoisotopic (exact) mass is 421 g/mol. The highest BCUT2D eigenvalue weighted by Crippen LogP contribution is 2.33. The van der Waals surface area contributed by atoms with Gasteiger partial charge in [-0.05, 0) is 42.0 Å². The molecule has 1 unspecified atom stereocenters. The number of rotatable bonds is 4. The second-order valence-electron chi connectivity index (χ2n) is 7.01. The predicted octanol–water partition coefficient (Wildman–Crippen LogP) is 4.44. The van der Waals surface area contributed by atoms with Crippen LogP contribution in [0.1, 0.15) is 23.7 Å². The van der Waals surface area contributed by atoms with Crippen molar-refractivity contribution in [2.24, 2.45) is 0 Å². The number of nitrogens with one attached hydrogen (secondary N) is 2. The van der Waals surface area contributed by atoms with Crippen LogP contribution in [0.5, 0.6) is 0 Å². The zero-order valence-electron chi connectivity index (χ0n) is 15.6. The van der Waals surface area contributed by atoms with Crippen LogP contribution in [-0.4, -0.2) is 16.8 Å². The first-order valence-corrected chi connectivity index (χ1v) is 10.2. The minimum absolute atomic E-state index is 0.0135. The van der Waals surface area contributed by atoms with E-state index in [0.29, 0.717) is 22.8 Å². The van der Waals surface area contributed by atoms with Crippen LogP contribution in [0, 0.1) is 5.82 Å². The molecule has 0 saturated heterocycles. The number of hydrogen-bond acceptors (Lipinski definition) is 5. The van der Waals surface area contributed by atoms with Gasteiger partial charge in [0.15, 0.2) is 10.8 Å². The highest BCUT2D eigenvalue weighted by atomic mass is 32.1. The summed E-state index contributed by atoms with van der Waals surface area (Å²) >= 11 is 1.54. The number of furan rings is 1. The standard InChI is InChI=1S/C22H16FN3O3S/c23-12-5-7-14-15(10-20(27)25-17(14)9-12)21(28)24-11-13-6-8-18(29-13)22-26-16-3-1-2-4-19(16)30-22/h1-9,15H,10-11H2,(H,24,28)(H,25,27). The Hall–Kier alpha value is -3.52. The molecule has 1 atom stereocenters. The molecule has 2 aromatic heterocycles. The molecule has 0 bridgehead atoms. The topological polar surface area (TPSA) is 84.2 Å². The number of aromatic nitrogens is 1. The molecular weight excluding hydrogens is 405 g/mol. The van der Waals surface area contributed by atoms with E-state index in [4.69, 9.17) is 4.42 Å². The zero-order valence-corrected chi connectivity index (χ0v) is 16.5. The first kappa shape index (κ1) is 18.5. The quantitative estimate of drug-likeness (QED) is 0.510. The average molecular weight is 421 g/mol. The smallest absolute Gasteiger partial charge is 0.228 e. The number of thiazole rings is 1. The van der Waals surface area contributed by atoms with E-state index >= 15 is 0 Å². The summed E-state index contributed by atoms with van der Waals surface area (Å²) in [4.78, 5) is 29.2. The normalized spacial score (nSPS) is 15.6. The van der Waals surface area contributed by atoms with E-state index in [1.54, 1.807) is 6.07 Å². The third kappa shape index (κ3) is 3.46. The molecule has 30 heavy (non-hydrogen) atoms. The summed E-state index contributed by atoms with van der Waals surface area (Å²) < 4.78 is 20.4. The van der Waals surface area contributed by atoms with Gasteiger partial charge in [0.25, 0.3) is 0 Å². The molecule has 4 aromatic rings. The molecule has 3 heterocycles. The van der Waals surface area contributed by atoms with Crippen molar-refractivity contribution in [3.63, 3.8) is 0 Å². The van der Waals surface area contributed by atoms with Crippen molar-refractivity contribution in [2.45, 2.75) is 18.9 Å². The Balaban J connectivity index is 1.30. The molecule has 6 nitrogen and oxygen atoms in total. The average Bonchev–Trinajstić information content (AvgIpc) is 3.37. The lowest BCUT2D eigenvalue weighted by Gasteiger charge is -2.24. The van der Waals surface area contributed by atoms with Gasteiger partial charge in [-0.3, -0.25) is 9.59 Å². The van der Waals surface area contributed by atoms with Crippen LogP contribution in [-0.2, 0) is 16.1 Å². The number of carbonyl (C=O) groups excluding carboxylic acids is 2. The molecule has 0 fully saturated rings. The molecule has 0 spiro atoms. The van der Waals surface area contributed by atoms with Crippen molar-refractivity contribution < 1.29 is 18.4 Å². The Kier molecular flexibility index (Phi) is 4.55. The van der Waals surface area contributed by atoms with E-state index in [-0.39, 0.29) is 24.8 Å². The van der Waals surface area contributed by atoms with Gasteiger partial charge in [-0.15, -0.1) is 11.3 Å². The Bertz CT molecular complexity index is 1250. The maximum absolute atomic E-state index is 13.5. The second-order valence-corrected chi connectivity index (χ2v) is 8.04. The first-order chi connectivity index (χ1) is 14.6. The van der Waals surface area contributed by atoms with E-state index in [1.165, 1.54) is 29.5 Å². The van der Waals surface area contributed by atoms with Crippen LogP contribution in [0.2, 0.25) is 0 Å². The van der Waals surface area contributed by atoms with E-state index < -0.39 is 11.7 Å². The Morgan fingerprint density at radius 3 is 2.97 bits per heavy atom. The molecule has 2 N–H and O–H groups in total. The number of carbonyl (C=O) groups is 2. The molecule has 1 aliphatic rings. The van der Waals surface area contributed by atoms with Gasteiger partial charge < -0.3 is 15.1 Å². The van der Waals surface area contributed by atoms with Crippen molar-refractivity contribution in [3.8, 4) is 10.8 Å². The van der Waals surface area contributed by atoms with E-state index in [2.05, 4.69) is 15.6 Å². The Labute approximate surface area is 174 Å². The van der Waals surface area contributed by atoms with Gasteiger partial charge in [0.2, 0.25) is 11.8 Å². The zero-order chi connectivity index (χ0) is 20.7. The number of nitrogens with zero attached hydrogens (tertiary/aromatic N) is 1. The van der Waals surface area contributed by atoms with Crippen LogP contribution in [0.3, 0.4) is 0 Å². The fourth-order valence-corrected chi connectivity index (χ4v) is 4.46. The molecule has 5 rings (SSSR count). The van der Waals surface area contributed by atoms with Crippen LogP contribution in [0.25, 0.3) is 21.0 Å². The maximum Gasteiger partial charge on any atom is 0.228 e. The SMILES string of the molecule is O=C1CC(C(=O)NCc2ccc(-c3nc4ccccc4s3)o2)c2ccc(F)cc2N1. The molecular formula is C22H16FN3O3S. The molecule has 8 heteroatoms. The van der Waals surface area contributed by atoms with Gasteiger partial charge in [-0.2, -0.15) is 0 Å². The number of hydrogen-bond donors (Lipinski definition) is 2. The number of fused-ring (bicyclic) bond motifs is 2. The lowest BCUT2D eigenvalue weighted by atomic mass is 9.89. The summed E-state index contributed by atoms with van der Waals surface area (Å²) in [5.74, 6) is -0.545. The number of anilines is 1. The van der Waals surface area contributed by atoms with Gasteiger partial charge in [0, 0.05) is 12.1 Å².